The Kier molecular flexibility index (Phi) is 3.85. The highest BCUT2D eigenvalue weighted by Gasteiger charge is 2.25. The zero-order valence-corrected chi connectivity index (χ0v) is 12.5. The average molecular weight is 354 g/mol. The third-order valence-corrected chi connectivity index (χ3v) is 4.03. The number of aliphatic imine (C=N–C) groups is 1. The summed E-state index contributed by atoms with van der Waals surface area (Å²) in [7, 11) is 0. The summed E-state index contributed by atoms with van der Waals surface area (Å²) in [5.41, 5.74) is 0.709. The van der Waals surface area contributed by atoms with Crippen molar-refractivity contribution in [1.82, 2.24) is 0 Å². The lowest BCUT2D eigenvalue weighted by Gasteiger charge is -2.08. The second-order valence-electron chi connectivity index (χ2n) is 4.89. The second kappa shape index (κ2) is 5.64. The third-order valence-electron chi connectivity index (χ3n) is 3.54. The van der Waals surface area contributed by atoms with Gasteiger partial charge in [0.05, 0.1) is 11.6 Å². The van der Waals surface area contributed by atoms with Gasteiger partial charge in [-0.1, -0.05) is 28.1 Å². The third kappa shape index (κ3) is 2.75. The minimum atomic E-state index is -0.634. The summed E-state index contributed by atoms with van der Waals surface area (Å²) in [6, 6.07) is 8.07. The van der Waals surface area contributed by atoms with E-state index >= 15 is 0 Å². The number of benzene rings is 2. The Hall–Kier alpha value is -1.62. The van der Waals surface area contributed by atoms with E-state index in [1.165, 1.54) is 24.3 Å². The highest BCUT2D eigenvalue weighted by atomic mass is 79.9. The Balaban J connectivity index is 1.98. The number of rotatable bonds is 2. The molecule has 5 heteroatoms. The van der Waals surface area contributed by atoms with Crippen LogP contribution >= 0.6 is 15.9 Å². The Morgan fingerprint density at radius 3 is 2.38 bits per heavy atom. The molecule has 1 atom stereocenters. The molecule has 0 N–H and O–H groups in total. The molecule has 0 saturated carbocycles. The molecule has 0 amide bonds. The van der Waals surface area contributed by atoms with Crippen molar-refractivity contribution >= 4 is 21.6 Å². The molecule has 2 aromatic rings. The summed E-state index contributed by atoms with van der Waals surface area (Å²) in [5.74, 6) is -1.63. The van der Waals surface area contributed by atoms with Crippen molar-refractivity contribution in [3.05, 3.63) is 69.4 Å². The van der Waals surface area contributed by atoms with Crippen molar-refractivity contribution in [1.29, 1.82) is 0 Å². The molecule has 0 spiro atoms. The topological polar surface area (TPSA) is 12.4 Å². The van der Waals surface area contributed by atoms with Crippen LogP contribution in [-0.4, -0.2) is 5.71 Å². The Bertz CT molecular complexity index is 707. The van der Waals surface area contributed by atoms with Crippen LogP contribution in [0, 0.1) is 17.5 Å². The summed E-state index contributed by atoms with van der Waals surface area (Å²) in [6.45, 7) is 0. The zero-order chi connectivity index (χ0) is 15.0. The maximum atomic E-state index is 13.9. The van der Waals surface area contributed by atoms with Gasteiger partial charge in [-0.25, -0.2) is 13.2 Å². The number of nitrogens with zero attached hydrogens (tertiary/aromatic N) is 1. The lowest BCUT2D eigenvalue weighted by Crippen LogP contribution is -2.03. The average Bonchev–Trinajstić information content (AvgIpc) is 2.87. The van der Waals surface area contributed by atoms with E-state index < -0.39 is 17.7 Å². The van der Waals surface area contributed by atoms with Gasteiger partial charge in [0.1, 0.15) is 17.5 Å². The van der Waals surface area contributed by atoms with E-state index in [2.05, 4.69) is 20.9 Å². The highest BCUT2D eigenvalue weighted by Crippen LogP contribution is 2.34. The summed E-state index contributed by atoms with van der Waals surface area (Å²) in [6.07, 6.45) is 0.972. The fraction of sp³-hybridized carbons (Fsp3) is 0.188. The molecule has 0 radical (unpaired) electrons. The van der Waals surface area contributed by atoms with Gasteiger partial charge in [0, 0.05) is 15.7 Å². The molecule has 1 aliphatic rings. The maximum absolute atomic E-state index is 13.9. The van der Waals surface area contributed by atoms with Gasteiger partial charge in [-0.3, -0.25) is 4.99 Å². The predicted octanol–water partition coefficient (Wildman–Crippen LogP) is 5.19. The van der Waals surface area contributed by atoms with E-state index in [-0.39, 0.29) is 11.4 Å². The molecule has 1 nitrogen and oxygen atoms in total. The van der Waals surface area contributed by atoms with E-state index in [0.29, 0.717) is 28.6 Å². The fourth-order valence-electron chi connectivity index (χ4n) is 2.55. The monoisotopic (exact) mass is 353 g/mol. The van der Waals surface area contributed by atoms with Gasteiger partial charge in [0.25, 0.3) is 0 Å². The van der Waals surface area contributed by atoms with Gasteiger partial charge in [-0.2, -0.15) is 0 Å². The Morgan fingerprint density at radius 2 is 1.71 bits per heavy atom. The van der Waals surface area contributed by atoms with Gasteiger partial charge in [0.2, 0.25) is 0 Å². The molecule has 1 unspecified atom stereocenters. The van der Waals surface area contributed by atoms with Gasteiger partial charge in [-0.15, -0.1) is 0 Å². The molecular formula is C16H11BrF3N. The van der Waals surface area contributed by atoms with Crippen LogP contribution in [0.15, 0.2) is 45.9 Å². The molecule has 108 valence electrons. The Labute approximate surface area is 128 Å². The number of hydrogen-bond acceptors (Lipinski definition) is 1. The second-order valence-corrected chi connectivity index (χ2v) is 5.81. The van der Waals surface area contributed by atoms with E-state index in [4.69, 9.17) is 0 Å². The summed E-state index contributed by atoms with van der Waals surface area (Å²) in [4.78, 5) is 4.32. The van der Waals surface area contributed by atoms with Crippen molar-refractivity contribution in [2.75, 3.05) is 0 Å². The van der Waals surface area contributed by atoms with E-state index in [9.17, 15) is 13.2 Å². The largest absolute Gasteiger partial charge is 0.281 e. The standard InChI is InChI=1S/C16H11BrF3N/c17-9-4-5-10(13(20)8-9)14-6-7-15(21-14)16-11(18)2-1-3-12(16)19/h1-5,8,14H,6-7H2. The smallest absolute Gasteiger partial charge is 0.135 e. The van der Waals surface area contributed by atoms with Gasteiger partial charge < -0.3 is 0 Å². The van der Waals surface area contributed by atoms with Crippen LogP contribution in [0.1, 0.15) is 30.0 Å². The molecule has 0 bridgehead atoms. The Morgan fingerprint density at radius 1 is 1.00 bits per heavy atom. The van der Waals surface area contributed by atoms with Gasteiger partial charge in [0.15, 0.2) is 0 Å². The first-order valence-electron chi connectivity index (χ1n) is 6.52. The molecule has 1 aliphatic heterocycles. The molecule has 21 heavy (non-hydrogen) atoms. The van der Waals surface area contributed by atoms with Crippen LogP contribution in [-0.2, 0) is 0 Å². The lowest BCUT2D eigenvalue weighted by molar-refractivity contribution is 0.578. The van der Waals surface area contributed by atoms with E-state index in [1.807, 2.05) is 0 Å². The van der Waals surface area contributed by atoms with E-state index in [1.54, 1.807) is 12.1 Å². The first kappa shape index (κ1) is 14.3. The predicted molar refractivity (Wildman–Crippen MR) is 79.0 cm³/mol. The molecule has 0 aliphatic carbocycles. The lowest BCUT2D eigenvalue weighted by atomic mass is 10.0. The molecule has 0 aromatic heterocycles. The minimum Gasteiger partial charge on any atom is -0.281 e. The fourth-order valence-corrected chi connectivity index (χ4v) is 2.88. The van der Waals surface area contributed by atoms with Crippen LogP contribution in [0.5, 0.6) is 0 Å². The number of hydrogen-bond donors (Lipinski definition) is 0. The van der Waals surface area contributed by atoms with Crippen molar-refractivity contribution in [3.63, 3.8) is 0 Å². The van der Waals surface area contributed by atoms with Gasteiger partial charge in [-0.05, 0) is 37.1 Å². The summed E-state index contributed by atoms with van der Waals surface area (Å²) >= 11 is 3.20. The quantitative estimate of drug-likeness (QED) is 0.704. The summed E-state index contributed by atoms with van der Waals surface area (Å²) in [5, 5.41) is 0. The first-order valence-corrected chi connectivity index (χ1v) is 7.31. The molecule has 1 heterocycles. The first-order chi connectivity index (χ1) is 10.1. The van der Waals surface area contributed by atoms with Crippen LogP contribution in [0.4, 0.5) is 13.2 Å². The van der Waals surface area contributed by atoms with Crippen LogP contribution in [0.2, 0.25) is 0 Å². The molecule has 3 rings (SSSR count). The normalized spacial score (nSPS) is 17.9. The number of halogens is 4. The van der Waals surface area contributed by atoms with Crippen molar-refractivity contribution in [3.8, 4) is 0 Å². The zero-order valence-electron chi connectivity index (χ0n) is 10.9. The van der Waals surface area contributed by atoms with Gasteiger partial charge >= 0.3 is 0 Å². The maximum Gasteiger partial charge on any atom is 0.135 e. The minimum absolute atomic E-state index is 0.0995. The van der Waals surface area contributed by atoms with Crippen LogP contribution in [0.25, 0.3) is 0 Å². The van der Waals surface area contributed by atoms with Crippen molar-refractivity contribution in [2.24, 2.45) is 4.99 Å². The highest BCUT2D eigenvalue weighted by molar-refractivity contribution is 9.10. The van der Waals surface area contributed by atoms with Crippen LogP contribution in [0.3, 0.4) is 0 Å². The molecule has 0 saturated heterocycles. The molecule has 2 aromatic carbocycles. The molecule has 0 fully saturated rings. The molecular weight excluding hydrogens is 343 g/mol. The van der Waals surface area contributed by atoms with Crippen molar-refractivity contribution < 1.29 is 13.2 Å². The van der Waals surface area contributed by atoms with Crippen molar-refractivity contribution in [2.45, 2.75) is 18.9 Å². The summed E-state index contributed by atoms with van der Waals surface area (Å²) < 4.78 is 42.1. The SMILES string of the molecule is Fc1cc(Br)ccc1C1CCC(c2c(F)cccc2F)=N1. The van der Waals surface area contributed by atoms with Crippen LogP contribution < -0.4 is 0 Å². The van der Waals surface area contributed by atoms with E-state index in [0.717, 1.165) is 0 Å².